The van der Waals surface area contributed by atoms with Crippen molar-refractivity contribution in [3.8, 4) is 0 Å². The molecule has 0 aliphatic heterocycles. The Kier molecular flexibility index (Phi) is 11.7. The molecule has 1 atom stereocenters. The van der Waals surface area contributed by atoms with E-state index < -0.39 is 30.0 Å². The lowest BCUT2D eigenvalue weighted by atomic mass is 10.1. The fourth-order valence-corrected chi connectivity index (χ4v) is 3.00. The number of esters is 2. The second-order valence-electron chi connectivity index (χ2n) is 7.33. The van der Waals surface area contributed by atoms with Crippen molar-refractivity contribution in [2.45, 2.75) is 25.5 Å². The summed E-state index contributed by atoms with van der Waals surface area (Å²) in [4.78, 5) is 49.0. The van der Waals surface area contributed by atoms with Crippen LogP contribution in [0.25, 0.3) is 0 Å². The molecular weight excluding hydrogens is 488 g/mol. The van der Waals surface area contributed by atoms with Gasteiger partial charge in [0, 0.05) is 22.7 Å². The molecule has 0 saturated carbocycles. The summed E-state index contributed by atoms with van der Waals surface area (Å²) in [5.74, 6) is -1.69. The van der Waals surface area contributed by atoms with Crippen molar-refractivity contribution in [1.29, 1.82) is 0 Å². The van der Waals surface area contributed by atoms with E-state index in [4.69, 9.17) is 25.8 Å². The van der Waals surface area contributed by atoms with E-state index in [0.29, 0.717) is 21.8 Å². The quantitative estimate of drug-likeness (QED) is 0.230. The van der Waals surface area contributed by atoms with Crippen LogP contribution in [0.3, 0.4) is 0 Å². The molecule has 2 rings (SSSR count). The number of amides is 2. The van der Waals surface area contributed by atoms with Crippen LogP contribution in [-0.2, 0) is 30.4 Å². The van der Waals surface area contributed by atoms with Crippen LogP contribution in [0, 0.1) is 0 Å². The molecule has 190 valence electrons. The van der Waals surface area contributed by atoms with Crippen molar-refractivity contribution < 1.29 is 33.4 Å². The van der Waals surface area contributed by atoms with Gasteiger partial charge in [-0.2, -0.15) is 0 Å². The Morgan fingerprint density at radius 1 is 0.917 bits per heavy atom. The Balaban J connectivity index is 1.96. The van der Waals surface area contributed by atoms with Gasteiger partial charge in [-0.25, -0.2) is 14.4 Å². The van der Waals surface area contributed by atoms with Crippen LogP contribution in [0.5, 0.6) is 0 Å². The van der Waals surface area contributed by atoms with Crippen molar-refractivity contribution in [3.63, 3.8) is 0 Å². The number of hydrogen-bond acceptors (Lipinski definition) is 7. The van der Waals surface area contributed by atoms with E-state index in [-0.39, 0.29) is 32.7 Å². The van der Waals surface area contributed by atoms with Crippen LogP contribution in [0.2, 0.25) is 5.02 Å². The molecule has 2 aromatic carbocycles. The largest absolute Gasteiger partial charge is 0.460 e. The number of hydrogen-bond donors (Lipinski definition) is 2. The van der Waals surface area contributed by atoms with Gasteiger partial charge in [0.05, 0.1) is 5.56 Å². The molecule has 2 amide bonds. The van der Waals surface area contributed by atoms with Gasteiger partial charge in [-0.3, -0.25) is 4.79 Å². The molecule has 0 unspecified atom stereocenters. The average Bonchev–Trinajstić information content (AvgIpc) is 2.88. The Hall–Kier alpha value is -4.11. The van der Waals surface area contributed by atoms with Crippen LogP contribution in [-0.4, -0.2) is 43.2 Å². The molecule has 0 aliphatic carbocycles. The third-order valence-electron chi connectivity index (χ3n) is 4.64. The highest BCUT2D eigenvalue weighted by molar-refractivity contribution is 6.30. The van der Waals surface area contributed by atoms with E-state index in [9.17, 15) is 19.2 Å². The second-order valence-corrected chi connectivity index (χ2v) is 7.77. The van der Waals surface area contributed by atoms with Gasteiger partial charge in [0.2, 0.25) is 5.91 Å². The van der Waals surface area contributed by atoms with Crippen LogP contribution in [0.15, 0.2) is 73.8 Å². The number of anilines is 1. The average molecular weight is 515 g/mol. The van der Waals surface area contributed by atoms with E-state index in [1.54, 1.807) is 48.5 Å². The highest BCUT2D eigenvalue weighted by Gasteiger charge is 2.24. The van der Waals surface area contributed by atoms with Gasteiger partial charge in [-0.1, -0.05) is 55.1 Å². The third kappa shape index (κ3) is 9.63. The zero-order valence-corrected chi connectivity index (χ0v) is 20.3. The number of carbonyl (C=O) groups is 4. The number of rotatable bonds is 13. The van der Waals surface area contributed by atoms with Crippen molar-refractivity contribution in [3.05, 3.63) is 90.0 Å². The molecule has 9 nitrogen and oxygen atoms in total. The summed E-state index contributed by atoms with van der Waals surface area (Å²) in [5.41, 5.74) is 1.35. The monoisotopic (exact) mass is 514 g/mol. The predicted octanol–water partition coefficient (Wildman–Crippen LogP) is 4.43. The molecule has 2 N–H and O–H groups in total. The first-order valence-corrected chi connectivity index (χ1v) is 11.3. The van der Waals surface area contributed by atoms with E-state index in [1.807, 2.05) is 0 Å². The van der Waals surface area contributed by atoms with Crippen LogP contribution < -0.4 is 10.6 Å². The molecular formula is C26H27ClN2O7. The first-order chi connectivity index (χ1) is 17.3. The summed E-state index contributed by atoms with van der Waals surface area (Å²) >= 11 is 5.84. The molecule has 0 fully saturated rings. The lowest BCUT2D eigenvalue weighted by Gasteiger charge is -2.17. The maximum atomic E-state index is 12.6. The van der Waals surface area contributed by atoms with E-state index in [2.05, 4.69) is 23.8 Å². The molecule has 0 heterocycles. The molecule has 36 heavy (non-hydrogen) atoms. The minimum absolute atomic E-state index is 0.0415. The zero-order valence-electron chi connectivity index (χ0n) is 19.5. The number of para-hydroxylation sites is 1. The van der Waals surface area contributed by atoms with Gasteiger partial charge < -0.3 is 24.8 Å². The fraction of sp³-hybridized carbons (Fsp3) is 0.231. The lowest BCUT2D eigenvalue weighted by Crippen LogP contribution is -2.42. The molecule has 0 radical (unpaired) electrons. The number of nitrogens with one attached hydrogen (secondary N) is 2. The number of halogens is 1. The standard InChI is InChI=1S/C26H27ClN2O7/c1-3-15-34-25(32)22(29-26(33)35-16-4-2)13-14-23(30)28-21-8-6-5-7-19(21)17-36-24(31)18-9-11-20(27)12-10-18/h3-12,22H,1-2,13-17H2,(H,28,30)(H,29,33)/t22-/m0/s1. The van der Waals surface area contributed by atoms with Gasteiger partial charge in [0.25, 0.3) is 0 Å². The van der Waals surface area contributed by atoms with Gasteiger partial charge in [-0.05, 0) is 36.8 Å². The summed E-state index contributed by atoms with van der Waals surface area (Å²) in [6.07, 6.45) is 1.76. The molecule has 0 saturated heterocycles. The molecule has 0 aliphatic rings. The Labute approximate surface area is 214 Å². The minimum atomic E-state index is -1.11. The minimum Gasteiger partial charge on any atom is -0.460 e. The van der Waals surface area contributed by atoms with Crippen molar-refractivity contribution in [1.82, 2.24) is 5.32 Å². The lowest BCUT2D eigenvalue weighted by molar-refractivity contribution is -0.145. The number of benzene rings is 2. The molecule has 0 aromatic heterocycles. The maximum absolute atomic E-state index is 12.6. The van der Waals surface area contributed by atoms with Crippen LogP contribution in [0.1, 0.15) is 28.8 Å². The summed E-state index contributed by atoms with van der Waals surface area (Å²) in [7, 11) is 0. The zero-order chi connectivity index (χ0) is 26.3. The van der Waals surface area contributed by atoms with Gasteiger partial charge >= 0.3 is 18.0 Å². The molecule has 0 spiro atoms. The van der Waals surface area contributed by atoms with Crippen molar-refractivity contribution >= 4 is 41.2 Å². The van der Waals surface area contributed by atoms with Crippen molar-refractivity contribution in [2.75, 3.05) is 18.5 Å². The molecule has 10 heteroatoms. The summed E-state index contributed by atoms with van der Waals surface area (Å²) in [6, 6.07) is 12.0. The second kappa shape index (κ2) is 15.0. The van der Waals surface area contributed by atoms with Gasteiger partial charge in [0.15, 0.2) is 0 Å². The topological polar surface area (TPSA) is 120 Å². The van der Waals surface area contributed by atoms with E-state index >= 15 is 0 Å². The van der Waals surface area contributed by atoms with E-state index in [0.717, 1.165) is 0 Å². The maximum Gasteiger partial charge on any atom is 0.408 e. The summed E-state index contributed by atoms with van der Waals surface area (Å²) in [5, 5.41) is 5.61. The first-order valence-electron chi connectivity index (χ1n) is 11.0. The number of alkyl carbamates (subject to hydrolysis) is 1. The Morgan fingerprint density at radius 3 is 2.28 bits per heavy atom. The molecule has 0 bridgehead atoms. The summed E-state index contributed by atoms with van der Waals surface area (Å²) in [6.45, 7) is 6.74. The highest BCUT2D eigenvalue weighted by atomic mass is 35.5. The fourth-order valence-electron chi connectivity index (χ4n) is 2.88. The van der Waals surface area contributed by atoms with E-state index in [1.165, 1.54) is 12.2 Å². The summed E-state index contributed by atoms with van der Waals surface area (Å²) < 4.78 is 15.2. The van der Waals surface area contributed by atoms with Gasteiger partial charge in [-0.15, -0.1) is 0 Å². The smallest absolute Gasteiger partial charge is 0.408 e. The number of carbonyl (C=O) groups excluding carboxylic acids is 4. The van der Waals surface area contributed by atoms with Crippen LogP contribution in [0.4, 0.5) is 10.5 Å². The van der Waals surface area contributed by atoms with Crippen LogP contribution >= 0.6 is 11.6 Å². The third-order valence-corrected chi connectivity index (χ3v) is 4.89. The van der Waals surface area contributed by atoms with Gasteiger partial charge in [0.1, 0.15) is 25.9 Å². The Bertz CT molecular complexity index is 1090. The number of ether oxygens (including phenoxy) is 3. The normalized spacial score (nSPS) is 10.9. The Morgan fingerprint density at radius 2 is 1.58 bits per heavy atom. The highest BCUT2D eigenvalue weighted by Crippen LogP contribution is 2.18. The molecule has 2 aromatic rings. The first kappa shape index (κ1) is 28.1. The SMILES string of the molecule is C=CCOC(=O)N[C@@H](CCC(=O)Nc1ccccc1COC(=O)c1ccc(Cl)cc1)C(=O)OCC=C. The van der Waals surface area contributed by atoms with Crippen molar-refractivity contribution in [2.24, 2.45) is 0 Å². The predicted molar refractivity (Wildman–Crippen MR) is 135 cm³/mol.